The maximum atomic E-state index is 13.7. The summed E-state index contributed by atoms with van der Waals surface area (Å²) >= 11 is 12.6. The van der Waals surface area contributed by atoms with Crippen molar-refractivity contribution in [1.29, 1.82) is 0 Å². The summed E-state index contributed by atoms with van der Waals surface area (Å²) in [6.07, 6.45) is 2.08. The number of methoxy groups -OCH3 is 2. The van der Waals surface area contributed by atoms with Gasteiger partial charge in [0.25, 0.3) is 5.91 Å². The lowest BCUT2D eigenvalue weighted by atomic mass is 9.86. The molecule has 0 saturated carbocycles. The Morgan fingerprint density at radius 3 is 2.28 bits per heavy atom. The van der Waals surface area contributed by atoms with E-state index in [1.54, 1.807) is 43.4 Å². The van der Waals surface area contributed by atoms with Crippen LogP contribution in [0, 0.1) is 0 Å². The van der Waals surface area contributed by atoms with Crippen molar-refractivity contribution in [3.05, 3.63) is 68.2 Å². The van der Waals surface area contributed by atoms with E-state index in [1.807, 2.05) is 6.07 Å². The molecule has 1 N–H and O–H groups in total. The zero-order valence-corrected chi connectivity index (χ0v) is 19.3. The molecule has 2 aromatic rings. The fraction of sp³-hybridized carbons (Fsp3) is 0.333. The SMILES string of the molecule is COc1cc2c(c(OC)c1)C(c1cc(Cl)cc(Cl)c1)N(C(=O)C1=C(C(=O)O)CCC1)CC2. The Morgan fingerprint density at radius 2 is 1.66 bits per heavy atom. The van der Waals surface area contributed by atoms with E-state index in [9.17, 15) is 14.7 Å². The fourth-order valence-electron chi connectivity index (χ4n) is 4.67. The minimum absolute atomic E-state index is 0.199. The molecule has 1 unspecified atom stereocenters. The molecule has 168 valence electrons. The first-order chi connectivity index (χ1) is 15.3. The topological polar surface area (TPSA) is 76.1 Å². The van der Waals surface area contributed by atoms with Crippen molar-refractivity contribution in [1.82, 2.24) is 4.90 Å². The molecule has 0 fully saturated rings. The molecule has 1 aliphatic heterocycles. The minimum Gasteiger partial charge on any atom is -0.497 e. The Morgan fingerprint density at radius 1 is 0.969 bits per heavy atom. The summed E-state index contributed by atoms with van der Waals surface area (Å²) in [5.41, 5.74) is 3.11. The summed E-state index contributed by atoms with van der Waals surface area (Å²) in [4.78, 5) is 27.1. The summed E-state index contributed by atoms with van der Waals surface area (Å²) in [6, 6.07) is 8.37. The first-order valence-electron chi connectivity index (χ1n) is 10.3. The number of carbonyl (C=O) groups is 2. The summed E-state index contributed by atoms with van der Waals surface area (Å²) in [6.45, 7) is 0.410. The van der Waals surface area contributed by atoms with E-state index >= 15 is 0 Å². The van der Waals surface area contributed by atoms with Crippen molar-refractivity contribution in [2.75, 3.05) is 20.8 Å². The molecule has 32 heavy (non-hydrogen) atoms. The van der Waals surface area contributed by atoms with E-state index in [-0.39, 0.29) is 11.5 Å². The lowest BCUT2D eigenvalue weighted by Gasteiger charge is -2.39. The Bertz CT molecular complexity index is 1090. The molecule has 6 nitrogen and oxygen atoms in total. The van der Waals surface area contributed by atoms with Crippen LogP contribution in [-0.2, 0) is 16.0 Å². The van der Waals surface area contributed by atoms with Crippen LogP contribution in [0.5, 0.6) is 11.5 Å². The standard InChI is InChI=1S/C24H23Cl2NO5/c1-31-17-10-13-6-7-27(23(28)18-4-3-5-19(18)24(29)30)22(21(13)20(12-17)32-2)14-8-15(25)11-16(26)9-14/h8-12,22H,3-7H2,1-2H3,(H,29,30). The van der Waals surface area contributed by atoms with Crippen LogP contribution in [0.25, 0.3) is 0 Å². The van der Waals surface area contributed by atoms with Gasteiger partial charge in [-0.25, -0.2) is 4.79 Å². The largest absolute Gasteiger partial charge is 0.497 e. The molecule has 0 bridgehead atoms. The first-order valence-corrected chi connectivity index (χ1v) is 11.1. The smallest absolute Gasteiger partial charge is 0.332 e. The fourth-order valence-corrected chi connectivity index (χ4v) is 5.22. The van der Waals surface area contributed by atoms with Gasteiger partial charge in [0.15, 0.2) is 0 Å². The molecule has 1 aliphatic carbocycles. The molecule has 1 heterocycles. The minimum atomic E-state index is -1.03. The van der Waals surface area contributed by atoms with Crippen LogP contribution in [-0.4, -0.2) is 42.6 Å². The predicted octanol–water partition coefficient (Wildman–Crippen LogP) is 5.05. The van der Waals surface area contributed by atoms with Gasteiger partial charge in [-0.05, 0) is 61.1 Å². The predicted molar refractivity (Wildman–Crippen MR) is 122 cm³/mol. The number of halogens is 2. The van der Waals surface area contributed by atoms with E-state index in [0.717, 1.165) is 16.7 Å². The zero-order chi connectivity index (χ0) is 23.0. The molecular formula is C24H23Cl2NO5. The lowest BCUT2D eigenvalue weighted by Crippen LogP contribution is -2.41. The van der Waals surface area contributed by atoms with Crippen molar-refractivity contribution in [2.24, 2.45) is 0 Å². The van der Waals surface area contributed by atoms with Gasteiger partial charge < -0.3 is 19.5 Å². The number of hydrogen-bond acceptors (Lipinski definition) is 4. The zero-order valence-electron chi connectivity index (χ0n) is 17.8. The van der Waals surface area contributed by atoms with Gasteiger partial charge in [0.05, 0.1) is 20.3 Å². The van der Waals surface area contributed by atoms with Gasteiger partial charge in [0.2, 0.25) is 0 Å². The monoisotopic (exact) mass is 475 g/mol. The van der Waals surface area contributed by atoms with E-state index in [4.69, 9.17) is 32.7 Å². The van der Waals surface area contributed by atoms with Crippen molar-refractivity contribution in [3.8, 4) is 11.5 Å². The first kappa shape index (κ1) is 22.5. The summed E-state index contributed by atoms with van der Waals surface area (Å²) in [7, 11) is 3.16. The second kappa shape index (κ2) is 9.04. The molecule has 4 rings (SSSR count). The molecule has 2 aliphatic rings. The Labute approximate surface area is 196 Å². The van der Waals surface area contributed by atoms with Crippen molar-refractivity contribution >= 4 is 35.1 Å². The number of carbonyl (C=O) groups excluding carboxylic acids is 1. The number of fused-ring (bicyclic) bond motifs is 1. The quantitative estimate of drug-likeness (QED) is 0.654. The van der Waals surface area contributed by atoms with Crippen LogP contribution in [0.4, 0.5) is 0 Å². The molecule has 1 atom stereocenters. The van der Waals surface area contributed by atoms with Crippen molar-refractivity contribution in [2.45, 2.75) is 31.7 Å². The van der Waals surface area contributed by atoms with E-state index < -0.39 is 12.0 Å². The van der Waals surface area contributed by atoms with Crippen LogP contribution in [0.15, 0.2) is 41.5 Å². The molecule has 8 heteroatoms. The molecule has 0 saturated heterocycles. The van der Waals surface area contributed by atoms with Crippen LogP contribution < -0.4 is 9.47 Å². The van der Waals surface area contributed by atoms with Crippen LogP contribution >= 0.6 is 23.2 Å². The molecule has 1 amide bonds. The van der Waals surface area contributed by atoms with E-state index in [1.165, 1.54) is 0 Å². The molecule has 0 aromatic heterocycles. The second-order valence-electron chi connectivity index (χ2n) is 7.87. The third-order valence-corrected chi connectivity index (χ3v) is 6.50. The molecule has 0 spiro atoms. The Balaban J connectivity index is 1.91. The maximum absolute atomic E-state index is 13.7. The Hall–Kier alpha value is -2.70. The van der Waals surface area contributed by atoms with Gasteiger partial charge in [-0.2, -0.15) is 0 Å². The lowest BCUT2D eigenvalue weighted by molar-refractivity contribution is -0.134. The third kappa shape index (κ3) is 4.05. The van der Waals surface area contributed by atoms with Gasteiger partial charge in [0.1, 0.15) is 11.5 Å². The summed E-state index contributed by atoms with van der Waals surface area (Å²) in [5.74, 6) is -0.0656. The molecular weight excluding hydrogens is 453 g/mol. The summed E-state index contributed by atoms with van der Waals surface area (Å²) < 4.78 is 11.1. The number of ether oxygens (including phenoxy) is 2. The number of benzene rings is 2. The number of nitrogens with zero attached hydrogens (tertiary/aromatic N) is 1. The average molecular weight is 476 g/mol. The van der Waals surface area contributed by atoms with E-state index in [0.29, 0.717) is 59.3 Å². The number of carboxylic acids is 1. The van der Waals surface area contributed by atoms with Gasteiger partial charge in [-0.1, -0.05) is 23.2 Å². The number of amides is 1. The van der Waals surface area contributed by atoms with E-state index in [2.05, 4.69) is 0 Å². The Kier molecular flexibility index (Phi) is 6.35. The van der Waals surface area contributed by atoms with Crippen LogP contribution in [0.2, 0.25) is 10.0 Å². The second-order valence-corrected chi connectivity index (χ2v) is 8.75. The maximum Gasteiger partial charge on any atom is 0.332 e. The summed E-state index contributed by atoms with van der Waals surface area (Å²) in [5, 5.41) is 10.5. The van der Waals surface area contributed by atoms with Crippen LogP contribution in [0.3, 0.4) is 0 Å². The van der Waals surface area contributed by atoms with Gasteiger partial charge >= 0.3 is 5.97 Å². The third-order valence-electron chi connectivity index (χ3n) is 6.06. The van der Waals surface area contributed by atoms with Crippen molar-refractivity contribution in [3.63, 3.8) is 0 Å². The van der Waals surface area contributed by atoms with Crippen LogP contribution in [0.1, 0.15) is 42.0 Å². The highest BCUT2D eigenvalue weighted by atomic mass is 35.5. The normalized spacial score (nSPS) is 17.9. The average Bonchev–Trinajstić information content (AvgIpc) is 3.26. The number of carboxylic acid groups (broad SMARTS) is 1. The van der Waals surface area contributed by atoms with Gasteiger partial charge in [-0.15, -0.1) is 0 Å². The highest BCUT2D eigenvalue weighted by Gasteiger charge is 2.38. The number of rotatable bonds is 5. The van der Waals surface area contributed by atoms with Gasteiger partial charge in [-0.3, -0.25) is 4.79 Å². The highest BCUT2D eigenvalue weighted by molar-refractivity contribution is 6.34. The molecule has 0 radical (unpaired) electrons. The highest BCUT2D eigenvalue weighted by Crippen LogP contribution is 2.45. The number of aliphatic carboxylic acids is 1. The van der Waals surface area contributed by atoms with Crippen molar-refractivity contribution < 1.29 is 24.2 Å². The molecule has 2 aromatic carbocycles. The van der Waals surface area contributed by atoms with Gasteiger partial charge in [0, 0.05) is 39.4 Å². The number of hydrogen-bond donors (Lipinski definition) is 1.